The van der Waals surface area contributed by atoms with Crippen LogP contribution in [0.3, 0.4) is 0 Å². The molecule has 0 unspecified atom stereocenters. The SMILES string of the molecule is O=C(O)CNC(=O)CCCC(=O)N[C@@H](CS)C(=O)NCC(=O)NCC(=O)O. The van der Waals surface area contributed by atoms with Gasteiger partial charge in [-0.1, -0.05) is 0 Å². The fourth-order valence-corrected chi connectivity index (χ4v) is 1.92. The molecule has 12 nitrogen and oxygen atoms in total. The van der Waals surface area contributed by atoms with Crippen LogP contribution in [0.5, 0.6) is 0 Å². The first kappa shape index (κ1) is 24.2. The molecular formula is C14H22N4O8S. The van der Waals surface area contributed by atoms with Gasteiger partial charge < -0.3 is 31.5 Å². The molecule has 152 valence electrons. The van der Waals surface area contributed by atoms with E-state index in [2.05, 4.69) is 33.9 Å². The molecule has 0 aliphatic carbocycles. The zero-order chi connectivity index (χ0) is 20.8. The highest BCUT2D eigenvalue weighted by Gasteiger charge is 2.20. The van der Waals surface area contributed by atoms with Gasteiger partial charge >= 0.3 is 11.9 Å². The van der Waals surface area contributed by atoms with Crippen molar-refractivity contribution in [1.82, 2.24) is 21.3 Å². The first-order valence-corrected chi connectivity index (χ1v) is 8.43. The normalized spacial score (nSPS) is 11.0. The number of carboxylic acids is 2. The zero-order valence-corrected chi connectivity index (χ0v) is 15.2. The van der Waals surface area contributed by atoms with Crippen molar-refractivity contribution in [2.75, 3.05) is 25.4 Å². The summed E-state index contributed by atoms with van der Waals surface area (Å²) in [5.74, 6) is -4.88. The number of carbonyl (C=O) groups is 6. The van der Waals surface area contributed by atoms with E-state index in [9.17, 15) is 28.8 Å². The summed E-state index contributed by atoms with van der Waals surface area (Å²) >= 11 is 3.94. The fourth-order valence-electron chi connectivity index (χ4n) is 1.66. The van der Waals surface area contributed by atoms with Crippen molar-refractivity contribution < 1.29 is 39.0 Å². The summed E-state index contributed by atoms with van der Waals surface area (Å²) in [6.07, 6.45) is 0.0229. The average molecular weight is 406 g/mol. The van der Waals surface area contributed by atoms with Gasteiger partial charge in [0.25, 0.3) is 0 Å². The first-order valence-electron chi connectivity index (χ1n) is 7.80. The predicted octanol–water partition coefficient (Wildman–Crippen LogP) is -2.91. The highest BCUT2D eigenvalue weighted by atomic mass is 32.1. The van der Waals surface area contributed by atoms with Crippen LogP contribution in [0.2, 0.25) is 0 Å². The molecule has 4 amide bonds. The molecule has 0 fully saturated rings. The minimum absolute atomic E-state index is 0.0482. The van der Waals surface area contributed by atoms with Crippen LogP contribution in [-0.4, -0.2) is 77.2 Å². The summed E-state index contributed by atoms with van der Waals surface area (Å²) in [5.41, 5.74) is 0. The Bertz CT molecular complexity index is 583. The number of carbonyl (C=O) groups excluding carboxylic acids is 4. The Morgan fingerprint density at radius 3 is 1.78 bits per heavy atom. The van der Waals surface area contributed by atoms with E-state index in [0.717, 1.165) is 0 Å². The summed E-state index contributed by atoms with van der Waals surface area (Å²) in [7, 11) is 0. The molecule has 0 aromatic heterocycles. The van der Waals surface area contributed by atoms with Gasteiger partial charge in [0, 0.05) is 18.6 Å². The minimum Gasteiger partial charge on any atom is -0.480 e. The van der Waals surface area contributed by atoms with E-state index in [0.29, 0.717) is 0 Å². The Labute approximate surface area is 159 Å². The number of hydrogen-bond donors (Lipinski definition) is 7. The molecule has 0 spiro atoms. The lowest BCUT2D eigenvalue weighted by molar-refractivity contribution is -0.138. The molecule has 1 atom stereocenters. The van der Waals surface area contributed by atoms with E-state index in [1.165, 1.54) is 0 Å². The quantitative estimate of drug-likeness (QED) is 0.158. The van der Waals surface area contributed by atoms with Gasteiger partial charge in [-0.3, -0.25) is 28.8 Å². The van der Waals surface area contributed by atoms with Gasteiger partial charge in [-0.25, -0.2) is 0 Å². The van der Waals surface area contributed by atoms with Crippen molar-refractivity contribution in [3.05, 3.63) is 0 Å². The van der Waals surface area contributed by atoms with Crippen molar-refractivity contribution in [1.29, 1.82) is 0 Å². The van der Waals surface area contributed by atoms with Gasteiger partial charge in [0.15, 0.2) is 0 Å². The number of hydrogen-bond acceptors (Lipinski definition) is 7. The summed E-state index contributed by atoms with van der Waals surface area (Å²) < 4.78 is 0. The molecule has 0 aromatic carbocycles. The maximum Gasteiger partial charge on any atom is 0.322 e. The van der Waals surface area contributed by atoms with E-state index < -0.39 is 61.2 Å². The van der Waals surface area contributed by atoms with Crippen LogP contribution >= 0.6 is 12.6 Å². The molecular weight excluding hydrogens is 384 g/mol. The molecule has 0 radical (unpaired) electrons. The van der Waals surface area contributed by atoms with Crippen LogP contribution in [0.15, 0.2) is 0 Å². The third kappa shape index (κ3) is 13.1. The second-order valence-corrected chi connectivity index (χ2v) is 5.58. The maximum atomic E-state index is 11.9. The summed E-state index contributed by atoms with van der Waals surface area (Å²) in [6.45, 7) is -1.55. The van der Waals surface area contributed by atoms with Crippen molar-refractivity contribution in [3.63, 3.8) is 0 Å². The van der Waals surface area contributed by atoms with Crippen molar-refractivity contribution in [3.8, 4) is 0 Å². The number of aliphatic carboxylic acids is 2. The molecule has 13 heteroatoms. The lowest BCUT2D eigenvalue weighted by atomic mass is 10.2. The van der Waals surface area contributed by atoms with Gasteiger partial charge in [-0.15, -0.1) is 0 Å². The van der Waals surface area contributed by atoms with E-state index in [1.807, 2.05) is 0 Å². The molecule has 0 aliphatic heterocycles. The monoisotopic (exact) mass is 406 g/mol. The number of amides is 4. The summed E-state index contributed by atoms with van der Waals surface area (Å²) in [5, 5.41) is 25.7. The lowest BCUT2D eigenvalue weighted by Crippen LogP contribution is -2.50. The molecule has 0 saturated heterocycles. The Morgan fingerprint density at radius 1 is 0.741 bits per heavy atom. The molecule has 0 saturated carbocycles. The standard InChI is InChI=1S/C14H22N4O8S/c19-9(15-5-12(22)23)2-1-3-10(20)18-8(7-27)14(26)17-4-11(21)16-6-13(24)25/h8,27H,1-7H2,(H,15,19)(H,16,21)(H,17,26)(H,18,20)(H,22,23)(H,24,25)/t8-/m0/s1. The maximum absolute atomic E-state index is 11.9. The number of carboxylic acid groups (broad SMARTS) is 2. The van der Waals surface area contributed by atoms with Crippen LogP contribution in [0.25, 0.3) is 0 Å². The minimum atomic E-state index is -1.23. The van der Waals surface area contributed by atoms with E-state index in [4.69, 9.17) is 10.2 Å². The third-order valence-electron chi connectivity index (χ3n) is 2.94. The Balaban J connectivity index is 4.14. The van der Waals surface area contributed by atoms with Crippen molar-refractivity contribution >= 4 is 48.2 Å². The largest absolute Gasteiger partial charge is 0.480 e. The van der Waals surface area contributed by atoms with Gasteiger partial charge in [-0.05, 0) is 6.42 Å². The van der Waals surface area contributed by atoms with Crippen LogP contribution in [0, 0.1) is 0 Å². The van der Waals surface area contributed by atoms with Crippen LogP contribution in [0.4, 0.5) is 0 Å². The first-order chi connectivity index (χ1) is 12.6. The molecule has 0 aliphatic rings. The molecule has 27 heavy (non-hydrogen) atoms. The zero-order valence-electron chi connectivity index (χ0n) is 14.3. The second-order valence-electron chi connectivity index (χ2n) is 5.21. The molecule has 0 rings (SSSR count). The smallest absolute Gasteiger partial charge is 0.322 e. The molecule has 6 N–H and O–H groups in total. The van der Waals surface area contributed by atoms with Gasteiger partial charge in [0.2, 0.25) is 23.6 Å². The topological polar surface area (TPSA) is 191 Å². The van der Waals surface area contributed by atoms with Crippen LogP contribution in [-0.2, 0) is 28.8 Å². The number of nitrogens with one attached hydrogen (secondary N) is 4. The number of thiol groups is 1. The van der Waals surface area contributed by atoms with Gasteiger partial charge in [-0.2, -0.15) is 12.6 Å². The third-order valence-corrected chi connectivity index (χ3v) is 3.30. The van der Waals surface area contributed by atoms with Gasteiger partial charge in [0.1, 0.15) is 19.1 Å². The molecule has 0 bridgehead atoms. The summed E-state index contributed by atoms with van der Waals surface area (Å²) in [4.78, 5) is 66.9. The van der Waals surface area contributed by atoms with E-state index in [1.54, 1.807) is 0 Å². The average Bonchev–Trinajstić information content (AvgIpc) is 2.60. The Morgan fingerprint density at radius 2 is 1.26 bits per heavy atom. The highest BCUT2D eigenvalue weighted by molar-refractivity contribution is 7.80. The number of rotatable bonds is 13. The molecule has 0 heterocycles. The van der Waals surface area contributed by atoms with Crippen molar-refractivity contribution in [2.45, 2.75) is 25.3 Å². The Kier molecular flexibility index (Phi) is 12.0. The highest BCUT2D eigenvalue weighted by Crippen LogP contribution is 1.97. The Hall–Kier alpha value is -2.83. The second kappa shape index (κ2) is 13.4. The predicted molar refractivity (Wildman–Crippen MR) is 93.9 cm³/mol. The van der Waals surface area contributed by atoms with Crippen LogP contribution < -0.4 is 21.3 Å². The van der Waals surface area contributed by atoms with Crippen molar-refractivity contribution in [2.24, 2.45) is 0 Å². The van der Waals surface area contributed by atoms with Gasteiger partial charge in [0.05, 0.1) is 6.54 Å². The van der Waals surface area contributed by atoms with Crippen LogP contribution in [0.1, 0.15) is 19.3 Å². The molecule has 0 aromatic rings. The summed E-state index contributed by atoms with van der Waals surface area (Å²) in [6, 6.07) is -1.02. The fraction of sp³-hybridized carbons (Fsp3) is 0.571. The lowest BCUT2D eigenvalue weighted by Gasteiger charge is -2.16. The van der Waals surface area contributed by atoms with E-state index in [-0.39, 0.29) is 25.0 Å². The van der Waals surface area contributed by atoms with E-state index >= 15 is 0 Å².